The summed E-state index contributed by atoms with van der Waals surface area (Å²) in [6.45, 7) is 5.64. The fourth-order valence-corrected chi connectivity index (χ4v) is 6.03. The van der Waals surface area contributed by atoms with Crippen LogP contribution < -0.4 is 5.32 Å². The Labute approximate surface area is 251 Å². The normalized spacial score (nSPS) is 14.3. The van der Waals surface area contributed by atoms with Gasteiger partial charge in [0.05, 0.1) is 11.2 Å². The molecule has 0 aliphatic heterocycles. The fourth-order valence-electron chi connectivity index (χ4n) is 5.26. The summed E-state index contributed by atoms with van der Waals surface area (Å²) in [5.74, 6) is 0.793. The van der Waals surface area contributed by atoms with E-state index in [-0.39, 0.29) is 6.09 Å². The Balaban J connectivity index is 1.33. The molecule has 7 heteroatoms. The first-order valence-electron chi connectivity index (χ1n) is 14.3. The Morgan fingerprint density at radius 2 is 1.60 bits per heavy atom. The number of nitrogens with zero attached hydrogens (tertiary/aromatic N) is 3. The molecule has 5 aromatic rings. The molecule has 212 valence electrons. The van der Waals surface area contributed by atoms with Crippen LogP contribution in [0.4, 0.5) is 4.79 Å². The first-order valence-corrected chi connectivity index (χ1v) is 15.3. The number of benzene rings is 3. The van der Waals surface area contributed by atoms with Gasteiger partial charge in [0.1, 0.15) is 5.60 Å². The summed E-state index contributed by atoms with van der Waals surface area (Å²) < 4.78 is 5.57. The molecule has 2 aromatic heterocycles. The van der Waals surface area contributed by atoms with Crippen molar-refractivity contribution in [2.75, 3.05) is 0 Å². The number of hydrogen-bond acceptors (Lipinski definition) is 6. The topological polar surface area (TPSA) is 77.0 Å². The summed E-state index contributed by atoms with van der Waals surface area (Å²) in [6, 6.07) is 31.1. The zero-order chi connectivity index (χ0) is 29.2. The van der Waals surface area contributed by atoms with Gasteiger partial charge in [0.2, 0.25) is 0 Å². The first-order chi connectivity index (χ1) is 20.3. The molecule has 0 radical (unpaired) electrons. The van der Waals surface area contributed by atoms with Gasteiger partial charge in [-0.1, -0.05) is 96.7 Å². The molecule has 1 N–H and O–H groups in total. The fraction of sp³-hybridized carbons (Fsp3) is 0.257. The zero-order valence-corrected chi connectivity index (χ0v) is 24.9. The molecule has 3 aromatic carbocycles. The number of pyridine rings is 1. The Hall–Kier alpha value is -4.23. The molecule has 1 amide bonds. The highest BCUT2D eigenvalue weighted by molar-refractivity contribution is 7.98. The lowest BCUT2D eigenvalue weighted by Gasteiger charge is -2.43. The zero-order valence-electron chi connectivity index (χ0n) is 24.1. The van der Waals surface area contributed by atoms with Crippen LogP contribution in [0.1, 0.15) is 51.2 Å². The van der Waals surface area contributed by atoms with Gasteiger partial charge in [0, 0.05) is 28.5 Å². The number of fused-ring (bicyclic) bond motifs is 1. The standard InChI is InChI=1S/C35H34N4O2S/c1-34(2,3)41-33(40)39-35(19-10-20-35)28-17-15-26(16-18-28)30-29(25-13-8-5-9-14-25)21-27-22-36-32(38-31(27)37-30)42-23-24-11-6-4-7-12-24/h4-9,11-18,21-22H,10,19-20,23H2,1-3H3,(H,39,40). The van der Waals surface area contributed by atoms with Crippen molar-refractivity contribution in [3.63, 3.8) is 0 Å². The average molecular weight is 575 g/mol. The number of carbonyl (C=O) groups excluding carboxylic acids is 1. The van der Waals surface area contributed by atoms with Crippen molar-refractivity contribution in [2.24, 2.45) is 0 Å². The SMILES string of the molecule is CC(C)(C)OC(=O)NC1(c2ccc(-c3nc4nc(SCc5ccccc5)ncc4cc3-c3ccccc3)cc2)CCC1. The van der Waals surface area contributed by atoms with Crippen LogP contribution in [0.15, 0.2) is 102 Å². The van der Waals surface area contributed by atoms with Crippen LogP contribution in [0.5, 0.6) is 0 Å². The lowest BCUT2D eigenvalue weighted by atomic mass is 9.71. The van der Waals surface area contributed by atoms with Crippen molar-refractivity contribution < 1.29 is 9.53 Å². The number of carbonyl (C=O) groups is 1. The second-order valence-electron chi connectivity index (χ2n) is 11.7. The predicted molar refractivity (Wildman–Crippen MR) is 169 cm³/mol. The van der Waals surface area contributed by atoms with Gasteiger partial charge in [-0.2, -0.15) is 0 Å². The van der Waals surface area contributed by atoms with Crippen molar-refractivity contribution >= 4 is 28.9 Å². The van der Waals surface area contributed by atoms with Crippen LogP contribution in [0.3, 0.4) is 0 Å². The second kappa shape index (κ2) is 11.6. The number of amides is 1. The molecule has 1 fully saturated rings. The highest BCUT2D eigenvalue weighted by Crippen LogP contribution is 2.42. The lowest BCUT2D eigenvalue weighted by molar-refractivity contribution is 0.0377. The Bertz CT molecular complexity index is 1700. The minimum absolute atomic E-state index is 0.380. The second-order valence-corrected chi connectivity index (χ2v) is 12.7. The van der Waals surface area contributed by atoms with Crippen molar-refractivity contribution in [2.45, 2.75) is 62.1 Å². The maximum absolute atomic E-state index is 12.7. The van der Waals surface area contributed by atoms with Gasteiger partial charge in [-0.05, 0) is 62.8 Å². The van der Waals surface area contributed by atoms with Gasteiger partial charge in [0.25, 0.3) is 0 Å². The van der Waals surface area contributed by atoms with Gasteiger partial charge in [-0.3, -0.25) is 0 Å². The Kier molecular flexibility index (Phi) is 7.69. The maximum atomic E-state index is 12.7. The number of alkyl carbamates (subject to hydrolysis) is 1. The van der Waals surface area contributed by atoms with E-state index in [0.29, 0.717) is 10.8 Å². The van der Waals surface area contributed by atoms with E-state index in [1.54, 1.807) is 11.8 Å². The van der Waals surface area contributed by atoms with E-state index in [0.717, 1.165) is 58.3 Å². The molecular formula is C35H34N4O2S. The van der Waals surface area contributed by atoms with Crippen LogP contribution >= 0.6 is 11.8 Å². The third-order valence-electron chi connectivity index (χ3n) is 7.50. The summed E-state index contributed by atoms with van der Waals surface area (Å²) in [4.78, 5) is 27.2. The number of hydrogen-bond donors (Lipinski definition) is 1. The summed E-state index contributed by atoms with van der Waals surface area (Å²) in [7, 11) is 0. The third-order valence-corrected chi connectivity index (χ3v) is 8.43. The molecule has 6 nitrogen and oxygen atoms in total. The molecule has 42 heavy (non-hydrogen) atoms. The molecule has 6 rings (SSSR count). The average Bonchev–Trinajstić information content (AvgIpc) is 2.97. The van der Waals surface area contributed by atoms with E-state index < -0.39 is 11.1 Å². The van der Waals surface area contributed by atoms with E-state index in [1.807, 2.05) is 63.4 Å². The Morgan fingerprint density at radius 1 is 0.905 bits per heavy atom. The summed E-state index contributed by atoms with van der Waals surface area (Å²) in [5, 5.41) is 4.76. The van der Waals surface area contributed by atoms with Crippen LogP contribution in [0.25, 0.3) is 33.4 Å². The number of thioether (sulfide) groups is 1. The van der Waals surface area contributed by atoms with Crippen molar-refractivity contribution in [3.05, 3.63) is 108 Å². The maximum Gasteiger partial charge on any atom is 0.408 e. The van der Waals surface area contributed by atoms with Crippen LogP contribution in [0, 0.1) is 0 Å². The minimum Gasteiger partial charge on any atom is -0.444 e. The molecule has 0 unspecified atom stereocenters. The number of aromatic nitrogens is 3. The molecular weight excluding hydrogens is 540 g/mol. The van der Waals surface area contributed by atoms with Crippen LogP contribution in [-0.4, -0.2) is 26.6 Å². The summed E-state index contributed by atoms with van der Waals surface area (Å²) >= 11 is 1.61. The van der Waals surface area contributed by atoms with E-state index in [1.165, 1.54) is 5.56 Å². The number of rotatable bonds is 7. The highest BCUT2D eigenvalue weighted by atomic mass is 32.2. The van der Waals surface area contributed by atoms with Gasteiger partial charge in [0.15, 0.2) is 10.8 Å². The number of nitrogens with one attached hydrogen (secondary N) is 1. The van der Waals surface area contributed by atoms with Crippen molar-refractivity contribution in [1.29, 1.82) is 0 Å². The smallest absolute Gasteiger partial charge is 0.408 e. The monoisotopic (exact) mass is 574 g/mol. The quantitative estimate of drug-likeness (QED) is 0.155. The Morgan fingerprint density at radius 3 is 2.24 bits per heavy atom. The lowest BCUT2D eigenvalue weighted by Crippen LogP contribution is -2.52. The molecule has 0 spiro atoms. The van der Waals surface area contributed by atoms with Gasteiger partial charge in [-0.15, -0.1) is 0 Å². The largest absolute Gasteiger partial charge is 0.444 e. The van der Waals surface area contributed by atoms with Crippen molar-refractivity contribution in [3.8, 4) is 22.4 Å². The van der Waals surface area contributed by atoms with E-state index in [4.69, 9.17) is 14.7 Å². The van der Waals surface area contributed by atoms with E-state index in [2.05, 4.69) is 64.9 Å². The molecule has 0 atom stereocenters. The molecule has 0 bridgehead atoms. The highest BCUT2D eigenvalue weighted by Gasteiger charge is 2.41. The predicted octanol–water partition coefficient (Wildman–Crippen LogP) is 8.56. The van der Waals surface area contributed by atoms with Gasteiger partial charge in [-0.25, -0.2) is 19.7 Å². The van der Waals surface area contributed by atoms with Gasteiger partial charge >= 0.3 is 6.09 Å². The summed E-state index contributed by atoms with van der Waals surface area (Å²) in [5.41, 5.74) is 5.98. The first kappa shape index (κ1) is 27.9. The molecule has 1 aliphatic carbocycles. The molecule has 1 saturated carbocycles. The summed E-state index contributed by atoms with van der Waals surface area (Å²) in [6.07, 6.45) is 4.32. The van der Waals surface area contributed by atoms with Gasteiger partial charge < -0.3 is 10.1 Å². The van der Waals surface area contributed by atoms with Crippen LogP contribution in [-0.2, 0) is 16.0 Å². The van der Waals surface area contributed by atoms with E-state index >= 15 is 0 Å². The third kappa shape index (κ3) is 6.16. The van der Waals surface area contributed by atoms with E-state index in [9.17, 15) is 4.79 Å². The van der Waals surface area contributed by atoms with Crippen molar-refractivity contribution in [1.82, 2.24) is 20.3 Å². The molecule has 1 aliphatic rings. The molecule has 2 heterocycles. The van der Waals surface area contributed by atoms with Crippen LogP contribution in [0.2, 0.25) is 0 Å². The molecule has 0 saturated heterocycles. The minimum atomic E-state index is -0.544. The number of ether oxygens (including phenoxy) is 1.